The van der Waals surface area contributed by atoms with E-state index >= 15 is 0 Å². The van der Waals surface area contributed by atoms with Crippen LogP contribution in [0, 0.1) is 0 Å². The molecule has 0 aliphatic rings. The second kappa shape index (κ2) is 3.56. The molecule has 0 radical (unpaired) electrons. The van der Waals surface area contributed by atoms with Crippen LogP contribution in [0.25, 0.3) is 11.4 Å². The number of hydrogen-bond acceptors (Lipinski definition) is 4. The summed E-state index contributed by atoms with van der Waals surface area (Å²) in [7, 11) is 1.74. The summed E-state index contributed by atoms with van der Waals surface area (Å²) >= 11 is 0. The van der Waals surface area contributed by atoms with Crippen LogP contribution >= 0.6 is 0 Å². The normalized spacial score (nSPS) is 10.5. The predicted molar refractivity (Wildman–Crippen MR) is 50.0 cm³/mol. The van der Waals surface area contributed by atoms with Crippen molar-refractivity contribution in [1.29, 1.82) is 0 Å². The van der Waals surface area contributed by atoms with Crippen molar-refractivity contribution in [3.05, 3.63) is 24.4 Å². The average molecular weight is 207 g/mol. The van der Waals surface area contributed by atoms with Crippen LogP contribution in [0.2, 0.25) is 0 Å². The van der Waals surface area contributed by atoms with Gasteiger partial charge >= 0.3 is 5.97 Å². The van der Waals surface area contributed by atoms with Gasteiger partial charge in [-0.15, -0.1) is 0 Å². The number of nitrogens with zero attached hydrogens (tertiary/aromatic N) is 3. The highest BCUT2D eigenvalue weighted by Gasteiger charge is 2.11. The zero-order valence-corrected chi connectivity index (χ0v) is 8.04. The highest BCUT2D eigenvalue weighted by Crippen LogP contribution is 2.15. The minimum atomic E-state index is -0.907. The zero-order valence-electron chi connectivity index (χ0n) is 8.04. The molecule has 0 aliphatic carbocycles. The molecule has 15 heavy (non-hydrogen) atoms. The molecule has 1 N–H and O–H groups in total. The maximum absolute atomic E-state index is 10.5. The minimum absolute atomic E-state index is 0.103. The second-order valence-corrected chi connectivity index (χ2v) is 3.11. The molecule has 0 aromatic carbocycles. The van der Waals surface area contributed by atoms with Gasteiger partial charge < -0.3 is 14.2 Å². The quantitative estimate of drug-likeness (QED) is 0.801. The molecule has 0 atom stereocenters. The number of aryl methyl sites for hydroxylation is 1. The molecule has 0 saturated carbocycles. The molecule has 0 unspecified atom stereocenters. The van der Waals surface area contributed by atoms with Crippen molar-refractivity contribution in [3.8, 4) is 11.4 Å². The van der Waals surface area contributed by atoms with E-state index in [-0.39, 0.29) is 6.42 Å². The summed E-state index contributed by atoms with van der Waals surface area (Å²) in [6, 6.07) is 1.67. The fraction of sp³-hybridized carbons (Fsp3) is 0.222. The molecule has 2 aromatic heterocycles. The third-order valence-electron chi connectivity index (χ3n) is 1.98. The number of carboxylic acid groups (broad SMARTS) is 1. The first-order valence-corrected chi connectivity index (χ1v) is 4.31. The number of rotatable bonds is 3. The Bertz CT molecular complexity index is 473. The number of imidazole rings is 1. The molecule has 2 rings (SSSR count). The smallest absolute Gasteiger partial charge is 0.311 e. The Morgan fingerprint density at radius 2 is 2.40 bits per heavy atom. The summed E-state index contributed by atoms with van der Waals surface area (Å²) in [5.41, 5.74) is 1.21. The zero-order chi connectivity index (χ0) is 10.8. The lowest BCUT2D eigenvalue weighted by Gasteiger charge is -1.94. The van der Waals surface area contributed by atoms with Crippen molar-refractivity contribution in [2.24, 2.45) is 7.05 Å². The van der Waals surface area contributed by atoms with Crippen molar-refractivity contribution in [2.45, 2.75) is 6.42 Å². The molecular weight excluding hydrogens is 198 g/mol. The Balaban J connectivity index is 2.33. The van der Waals surface area contributed by atoms with Gasteiger partial charge in [0.05, 0.1) is 0 Å². The minimum Gasteiger partial charge on any atom is -0.481 e. The summed E-state index contributed by atoms with van der Waals surface area (Å²) in [5, 5.41) is 12.4. The second-order valence-electron chi connectivity index (χ2n) is 3.11. The van der Waals surface area contributed by atoms with Crippen LogP contribution in [0.4, 0.5) is 0 Å². The van der Waals surface area contributed by atoms with Crippen LogP contribution in [0.3, 0.4) is 0 Å². The van der Waals surface area contributed by atoms with E-state index in [2.05, 4.69) is 14.7 Å². The molecule has 0 fully saturated rings. The summed E-state index contributed by atoms with van der Waals surface area (Å²) in [4.78, 5) is 14.7. The van der Waals surface area contributed by atoms with E-state index in [0.29, 0.717) is 17.2 Å². The number of aromatic nitrogens is 3. The predicted octanol–water partition coefficient (Wildman–Crippen LogP) is 0.702. The highest BCUT2D eigenvalue weighted by atomic mass is 16.5. The molecule has 0 amide bonds. The number of carbonyl (C=O) groups is 1. The Morgan fingerprint density at radius 1 is 1.60 bits per heavy atom. The third kappa shape index (κ3) is 1.88. The van der Waals surface area contributed by atoms with Crippen molar-refractivity contribution in [2.75, 3.05) is 0 Å². The lowest BCUT2D eigenvalue weighted by molar-refractivity contribution is -0.136. The summed E-state index contributed by atoms with van der Waals surface area (Å²) < 4.78 is 6.35. The fourth-order valence-corrected chi connectivity index (χ4v) is 1.27. The van der Waals surface area contributed by atoms with Crippen LogP contribution in [-0.4, -0.2) is 25.8 Å². The van der Waals surface area contributed by atoms with E-state index < -0.39 is 5.97 Å². The van der Waals surface area contributed by atoms with Gasteiger partial charge in [-0.2, -0.15) is 0 Å². The van der Waals surface area contributed by atoms with Crippen molar-refractivity contribution in [1.82, 2.24) is 14.7 Å². The fourth-order valence-electron chi connectivity index (χ4n) is 1.27. The first-order chi connectivity index (χ1) is 7.16. The lowest BCUT2D eigenvalue weighted by atomic mass is 10.3. The third-order valence-corrected chi connectivity index (χ3v) is 1.98. The van der Waals surface area contributed by atoms with Crippen LogP contribution in [0.15, 0.2) is 23.0 Å². The maximum Gasteiger partial charge on any atom is 0.311 e. The summed E-state index contributed by atoms with van der Waals surface area (Å²) in [6.45, 7) is 0. The molecule has 0 aliphatic heterocycles. The van der Waals surface area contributed by atoms with Gasteiger partial charge in [0.2, 0.25) is 0 Å². The Morgan fingerprint density at radius 3 is 3.00 bits per heavy atom. The van der Waals surface area contributed by atoms with Crippen molar-refractivity contribution in [3.63, 3.8) is 0 Å². The first kappa shape index (κ1) is 9.45. The molecule has 0 spiro atoms. The number of aliphatic carboxylic acids is 1. The van der Waals surface area contributed by atoms with Crippen LogP contribution in [0.5, 0.6) is 0 Å². The van der Waals surface area contributed by atoms with E-state index in [9.17, 15) is 4.79 Å². The van der Waals surface area contributed by atoms with Gasteiger partial charge in [-0.25, -0.2) is 4.98 Å². The topological polar surface area (TPSA) is 81.2 Å². The van der Waals surface area contributed by atoms with Crippen molar-refractivity contribution < 1.29 is 14.4 Å². The lowest BCUT2D eigenvalue weighted by Crippen LogP contribution is -2.05. The van der Waals surface area contributed by atoms with E-state index in [1.165, 1.54) is 6.26 Å². The van der Waals surface area contributed by atoms with Crippen LogP contribution in [-0.2, 0) is 18.3 Å². The van der Waals surface area contributed by atoms with Crippen LogP contribution < -0.4 is 0 Å². The SMILES string of the molecule is Cn1cc(-c2ccon2)nc1CC(=O)O. The Labute approximate surface area is 85.1 Å². The van der Waals surface area contributed by atoms with E-state index in [0.717, 1.165) is 0 Å². The van der Waals surface area contributed by atoms with Gasteiger partial charge in [0.15, 0.2) is 0 Å². The van der Waals surface area contributed by atoms with Crippen LogP contribution in [0.1, 0.15) is 5.82 Å². The first-order valence-electron chi connectivity index (χ1n) is 4.31. The van der Waals surface area contributed by atoms with Crippen molar-refractivity contribution >= 4 is 5.97 Å². The standard InChI is InChI=1S/C9H9N3O3/c1-12-5-7(6-2-3-15-11-6)10-8(12)4-9(13)14/h2-3,5H,4H2,1H3,(H,13,14). The highest BCUT2D eigenvalue weighted by molar-refractivity contribution is 5.69. The summed E-state index contributed by atoms with van der Waals surface area (Å²) in [5.74, 6) is -0.420. The maximum atomic E-state index is 10.5. The molecule has 0 saturated heterocycles. The van der Waals surface area contributed by atoms with Gasteiger partial charge in [0.25, 0.3) is 0 Å². The Hall–Kier alpha value is -2.11. The molecule has 6 nitrogen and oxygen atoms in total. The van der Waals surface area contributed by atoms with Gasteiger partial charge in [-0.1, -0.05) is 5.16 Å². The molecule has 2 heterocycles. The average Bonchev–Trinajstić information content (AvgIpc) is 2.75. The van der Waals surface area contributed by atoms with Gasteiger partial charge in [-0.3, -0.25) is 4.79 Å². The molecule has 2 aromatic rings. The van der Waals surface area contributed by atoms with E-state index in [4.69, 9.17) is 5.11 Å². The van der Waals surface area contributed by atoms with Gasteiger partial charge in [0.1, 0.15) is 29.9 Å². The molecule has 0 bridgehead atoms. The molecular formula is C9H9N3O3. The van der Waals surface area contributed by atoms with Gasteiger partial charge in [0, 0.05) is 19.3 Å². The number of carboxylic acids is 1. The number of hydrogen-bond donors (Lipinski definition) is 1. The largest absolute Gasteiger partial charge is 0.481 e. The summed E-state index contributed by atoms with van der Waals surface area (Å²) in [6.07, 6.45) is 3.06. The Kier molecular flexibility index (Phi) is 2.24. The molecule has 6 heteroatoms. The van der Waals surface area contributed by atoms with E-state index in [1.54, 1.807) is 23.9 Å². The van der Waals surface area contributed by atoms with Gasteiger partial charge in [-0.05, 0) is 0 Å². The molecule has 78 valence electrons. The monoisotopic (exact) mass is 207 g/mol. The van der Waals surface area contributed by atoms with E-state index in [1.807, 2.05) is 0 Å².